The number of halogens is 2. The molecule has 2 unspecified atom stereocenters. The third kappa shape index (κ3) is 4.09. The van der Waals surface area contributed by atoms with Crippen LogP contribution in [0.25, 0.3) is 11.3 Å². The largest absolute Gasteiger partial charge is 0.441 e. The molecule has 150 valence electrons. The summed E-state index contributed by atoms with van der Waals surface area (Å²) in [5.41, 5.74) is 6.29. The molecule has 2 aliphatic rings. The Hall–Kier alpha value is -2.28. The molecule has 1 heterocycles. The van der Waals surface area contributed by atoms with Crippen molar-refractivity contribution >= 4 is 5.91 Å². The van der Waals surface area contributed by atoms with Gasteiger partial charge in [-0.2, -0.15) is 0 Å². The first-order valence-electron chi connectivity index (χ1n) is 9.94. The van der Waals surface area contributed by atoms with E-state index in [-0.39, 0.29) is 35.7 Å². The number of nitrogens with one attached hydrogen (secondary N) is 1. The van der Waals surface area contributed by atoms with Gasteiger partial charge in [0, 0.05) is 31.0 Å². The summed E-state index contributed by atoms with van der Waals surface area (Å²) in [5, 5.41) is 3.20. The van der Waals surface area contributed by atoms with Crippen molar-refractivity contribution in [1.29, 1.82) is 0 Å². The maximum Gasteiger partial charge on any atom is 0.220 e. The van der Waals surface area contributed by atoms with Crippen molar-refractivity contribution in [3.05, 3.63) is 41.9 Å². The minimum absolute atomic E-state index is 0.0231. The molecule has 1 amide bonds. The maximum absolute atomic E-state index is 13.9. The van der Waals surface area contributed by atoms with Gasteiger partial charge in [-0.3, -0.25) is 4.79 Å². The average molecular weight is 389 g/mol. The topological polar surface area (TPSA) is 81.1 Å². The van der Waals surface area contributed by atoms with Crippen LogP contribution in [0.1, 0.15) is 44.4 Å². The lowest BCUT2D eigenvalue weighted by atomic mass is 9.67. The third-order valence-corrected chi connectivity index (χ3v) is 6.02. The molecule has 28 heavy (non-hydrogen) atoms. The number of hydrogen-bond acceptors (Lipinski definition) is 4. The molecule has 0 spiro atoms. The number of aromatic nitrogens is 1. The van der Waals surface area contributed by atoms with Gasteiger partial charge in [-0.05, 0) is 49.7 Å². The van der Waals surface area contributed by atoms with Crippen LogP contribution in [0.2, 0.25) is 0 Å². The number of nitrogens with zero attached hydrogens (tertiary/aromatic N) is 1. The fourth-order valence-corrected chi connectivity index (χ4v) is 4.74. The average Bonchev–Trinajstić information content (AvgIpc) is 3.09. The molecular weight excluding hydrogens is 364 g/mol. The Kier molecular flexibility index (Phi) is 5.44. The van der Waals surface area contributed by atoms with E-state index in [0.29, 0.717) is 24.1 Å². The Balaban J connectivity index is 1.34. The first-order valence-corrected chi connectivity index (χ1v) is 9.94. The summed E-state index contributed by atoms with van der Waals surface area (Å²) in [4.78, 5) is 16.6. The molecular formula is C21H25F2N3O2. The van der Waals surface area contributed by atoms with Crippen LogP contribution in [-0.4, -0.2) is 23.0 Å². The molecule has 1 aromatic carbocycles. The fraction of sp³-hybridized carbons (Fsp3) is 0.524. The standard InChI is InChI=1S/C21H25F2N3O2/c22-14-4-5-16(17(23)10-14)18-11-25-20(28-18)7-6-19(27)26-21-12-2-1-3-13(21)9-15(24)8-12/h4-5,10-13,15,21H,1-3,6-9,24H2,(H,26,27). The van der Waals surface area contributed by atoms with Gasteiger partial charge in [0.15, 0.2) is 11.7 Å². The molecule has 3 N–H and O–H groups in total. The quantitative estimate of drug-likeness (QED) is 0.819. The molecule has 5 nitrogen and oxygen atoms in total. The van der Waals surface area contributed by atoms with Gasteiger partial charge in [0.25, 0.3) is 0 Å². The molecule has 2 atom stereocenters. The number of aryl methyl sites for hydroxylation is 1. The molecule has 4 rings (SSSR count). The first kappa shape index (κ1) is 19.1. The van der Waals surface area contributed by atoms with Gasteiger partial charge in [-0.25, -0.2) is 13.8 Å². The summed E-state index contributed by atoms with van der Waals surface area (Å²) in [6, 6.07) is 3.75. The van der Waals surface area contributed by atoms with Crippen molar-refractivity contribution in [1.82, 2.24) is 10.3 Å². The summed E-state index contributed by atoms with van der Waals surface area (Å²) >= 11 is 0. The highest BCUT2D eigenvalue weighted by molar-refractivity contribution is 5.76. The van der Waals surface area contributed by atoms with Crippen molar-refractivity contribution in [2.24, 2.45) is 17.6 Å². The van der Waals surface area contributed by atoms with Crippen molar-refractivity contribution in [2.75, 3.05) is 0 Å². The normalized spacial score (nSPS) is 26.8. The van der Waals surface area contributed by atoms with Crippen LogP contribution >= 0.6 is 0 Å². The minimum atomic E-state index is -0.706. The van der Waals surface area contributed by atoms with Gasteiger partial charge in [0.1, 0.15) is 11.6 Å². The Bertz CT molecular complexity index is 840. The number of hydrogen-bond donors (Lipinski definition) is 2. The number of fused-ring (bicyclic) bond motifs is 2. The molecule has 0 aliphatic heterocycles. The van der Waals surface area contributed by atoms with Crippen LogP contribution in [-0.2, 0) is 11.2 Å². The number of carbonyl (C=O) groups is 1. The summed E-state index contributed by atoms with van der Waals surface area (Å²) in [6.45, 7) is 0. The molecule has 2 fully saturated rings. The van der Waals surface area contributed by atoms with Crippen molar-refractivity contribution < 1.29 is 18.0 Å². The fourth-order valence-electron chi connectivity index (χ4n) is 4.74. The van der Waals surface area contributed by atoms with Crippen molar-refractivity contribution in [3.63, 3.8) is 0 Å². The lowest BCUT2D eigenvalue weighted by molar-refractivity contribution is -0.123. The Morgan fingerprint density at radius 1 is 1.25 bits per heavy atom. The van der Waals surface area contributed by atoms with Gasteiger partial charge < -0.3 is 15.5 Å². The second-order valence-electron chi connectivity index (χ2n) is 8.02. The Labute approximate surface area is 162 Å². The van der Waals surface area contributed by atoms with E-state index >= 15 is 0 Å². The zero-order valence-electron chi connectivity index (χ0n) is 15.7. The van der Waals surface area contributed by atoms with Gasteiger partial charge >= 0.3 is 0 Å². The first-order chi connectivity index (χ1) is 13.5. The lowest BCUT2D eigenvalue weighted by Gasteiger charge is -2.45. The summed E-state index contributed by atoms with van der Waals surface area (Å²) < 4.78 is 32.4. The number of oxazole rings is 1. The van der Waals surface area contributed by atoms with E-state index in [2.05, 4.69) is 10.3 Å². The number of nitrogens with two attached hydrogens (primary N) is 1. The smallest absolute Gasteiger partial charge is 0.220 e. The van der Waals surface area contributed by atoms with E-state index in [1.54, 1.807) is 0 Å². The third-order valence-electron chi connectivity index (χ3n) is 6.02. The molecule has 0 saturated heterocycles. The van der Waals surface area contributed by atoms with Crippen LogP contribution in [0.5, 0.6) is 0 Å². The molecule has 2 aromatic rings. The van der Waals surface area contributed by atoms with E-state index in [1.807, 2.05) is 0 Å². The molecule has 2 saturated carbocycles. The summed E-state index contributed by atoms with van der Waals surface area (Å²) in [7, 11) is 0. The number of rotatable bonds is 5. The SMILES string of the molecule is NC1CC2CCCC(C1)C2NC(=O)CCc1ncc(-c2ccc(F)cc2F)o1. The number of carbonyl (C=O) groups excluding carboxylic acids is 1. The molecule has 2 aliphatic carbocycles. The highest BCUT2D eigenvalue weighted by Gasteiger charge is 2.39. The summed E-state index contributed by atoms with van der Waals surface area (Å²) in [6.07, 6.45) is 7.42. The molecule has 7 heteroatoms. The minimum Gasteiger partial charge on any atom is -0.441 e. The molecule has 0 radical (unpaired) electrons. The monoisotopic (exact) mass is 389 g/mol. The van der Waals surface area contributed by atoms with Gasteiger partial charge in [0.2, 0.25) is 5.91 Å². The maximum atomic E-state index is 13.9. The van der Waals surface area contributed by atoms with E-state index in [1.165, 1.54) is 24.8 Å². The van der Waals surface area contributed by atoms with E-state index in [4.69, 9.17) is 10.2 Å². The number of amides is 1. The zero-order valence-corrected chi connectivity index (χ0v) is 15.7. The van der Waals surface area contributed by atoms with Crippen molar-refractivity contribution in [3.8, 4) is 11.3 Å². The lowest BCUT2D eigenvalue weighted by Crippen LogP contribution is -2.53. The van der Waals surface area contributed by atoms with Gasteiger partial charge in [-0.1, -0.05) is 6.42 Å². The van der Waals surface area contributed by atoms with Crippen LogP contribution in [0.4, 0.5) is 8.78 Å². The highest BCUT2D eigenvalue weighted by atomic mass is 19.1. The van der Waals surface area contributed by atoms with Crippen molar-refractivity contribution in [2.45, 2.75) is 57.0 Å². The predicted molar refractivity (Wildman–Crippen MR) is 100 cm³/mol. The molecule has 1 aromatic heterocycles. The van der Waals surface area contributed by atoms with Crippen LogP contribution < -0.4 is 11.1 Å². The Morgan fingerprint density at radius 2 is 2.00 bits per heavy atom. The van der Waals surface area contributed by atoms with E-state index in [0.717, 1.165) is 31.7 Å². The van der Waals surface area contributed by atoms with Crippen LogP contribution in [0.3, 0.4) is 0 Å². The van der Waals surface area contributed by atoms with Crippen LogP contribution in [0, 0.1) is 23.5 Å². The number of benzene rings is 1. The Morgan fingerprint density at radius 3 is 2.71 bits per heavy atom. The molecule has 2 bridgehead atoms. The van der Waals surface area contributed by atoms with E-state index in [9.17, 15) is 13.6 Å². The van der Waals surface area contributed by atoms with Gasteiger partial charge in [0.05, 0.1) is 11.8 Å². The zero-order chi connectivity index (χ0) is 19.7. The second-order valence-corrected chi connectivity index (χ2v) is 8.02. The van der Waals surface area contributed by atoms with Gasteiger partial charge in [-0.15, -0.1) is 0 Å². The van der Waals surface area contributed by atoms with Crippen LogP contribution in [0.15, 0.2) is 28.8 Å². The van der Waals surface area contributed by atoms with E-state index < -0.39 is 11.6 Å². The summed E-state index contributed by atoms with van der Waals surface area (Å²) in [5.74, 6) is 0.157. The predicted octanol–water partition coefficient (Wildman–Crippen LogP) is 3.57. The second kappa shape index (κ2) is 7.99. The highest BCUT2D eigenvalue weighted by Crippen LogP contribution is 2.39.